The third-order valence-electron chi connectivity index (χ3n) is 1.16. The summed E-state index contributed by atoms with van der Waals surface area (Å²) in [5, 5.41) is 8.14. The van der Waals surface area contributed by atoms with E-state index in [1.807, 2.05) is 6.07 Å². The van der Waals surface area contributed by atoms with Crippen LogP contribution < -0.4 is 0 Å². The van der Waals surface area contributed by atoms with Crippen LogP contribution in [0.3, 0.4) is 0 Å². The van der Waals surface area contributed by atoms with Gasteiger partial charge < -0.3 is 0 Å². The largest absolute Gasteiger partial charge is 0.289 e. The van der Waals surface area contributed by atoms with E-state index in [1.54, 1.807) is 6.29 Å². The van der Waals surface area contributed by atoms with Crippen LogP contribution in [0.4, 0.5) is 0 Å². The Kier molecular flexibility index (Phi) is 0.657. The highest BCUT2D eigenvalue weighted by Gasteiger charge is 2.44. The Morgan fingerprint density at radius 1 is 1.57 bits per heavy atom. The Balaban J connectivity index is 2.64. The van der Waals surface area contributed by atoms with Crippen molar-refractivity contribution in [3.8, 4) is 6.07 Å². The van der Waals surface area contributed by atoms with Crippen molar-refractivity contribution in [2.75, 3.05) is 0 Å². The first-order valence-corrected chi connectivity index (χ1v) is 2.13. The van der Waals surface area contributed by atoms with Crippen LogP contribution in [-0.4, -0.2) is 6.29 Å². The van der Waals surface area contributed by atoms with Gasteiger partial charge in [0.25, 0.3) is 0 Å². The van der Waals surface area contributed by atoms with E-state index in [-0.39, 0.29) is 0 Å². The summed E-state index contributed by atoms with van der Waals surface area (Å²) in [6, 6.07) is 1.88. The first-order chi connectivity index (χ1) is 3.33. The molecule has 1 saturated carbocycles. The zero-order chi connectivity index (χ0) is 5.33. The second kappa shape index (κ2) is 1.06. The predicted molar refractivity (Wildman–Crippen MR) is 23.0 cm³/mol. The molecule has 0 amide bonds. The van der Waals surface area contributed by atoms with Gasteiger partial charge in [-0.1, -0.05) is 0 Å². The summed E-state index contributed by atoms with van der Waals surface area (Å²) in [6.45, 7) is 0. The second-order valence-electron chi connectivity index (χ2n) is 1.80. The van der Waals surface area contributed by atoms with Gasteiger partial charge in [-0.2, -0.15) is 5.26 Å². The molecule has 0 N–H and O–H groups in total. The first-order valence-electron chi connectivity index (χ1n) is 2.13. The van der Waals surface area contributed by atoms with E-state index in [0.29, 0.717) is 12.8 Å². The number of hydrogen-bond donors (Lipinski definition) is 0. The van der Waals surface area contributed by atoms with E-state index >= 15 is 0 Å². The van der Waals surface area contributed by atoms with Crippen LogP contribution in [0.25, 0.3) is 0 Å². The van der Waals surface area contributed by atoms with Gasteiger partial charge in [0.05, 0.1) is 6.07 Å². The van der Waals surface area contributed by atoms with E-state index in [9.17, 15) is 4.79 Å². The molecule has 0 aromatic carbocycles. The predicted octanol–water partition coefficient (Wildman–Crippen LogP) is 0.400. The van der Waals surface area contributed by atoms with Crippen LogP contribution in [0.15, 0.2) is 0 Å². The molecule has 0 unspecified atom stereocenters. The van der Waals surface area contributed by atoms with Crippen molar-refractivity contribution >= 4 is 6.29 Å². The highest BCUT2D eigenvalue weighted by molar-refractivity contribution is 5.68. The lowest BCUT2D eigenvalue weighted by molar-refractivity contribution is 0.538. The average Bonchev–Trinajstić information content (AvgIpc) is 2.46. The quantitative estimate of drug-likeness (QED) is 0.472. The van der Waals surface area contributed by atoms with E-state index in [4.69, 9.17) is 5.26 Å². The lowest BCUT2D eigenvalue weighted by Crippen LogP contribution is -1.94. The Morgan fingerprint density at radius 2 is 2.14 bits per heavy atom. The third kappa shape index (κ3) is 0.499. The summed E-state index contributed by atoms with van der Waals surface area (Å²) < 4.78 is 0. The summed E-state index contributed by atoms with van der Waals surface area (Å²) in [7, 11) is 0. The van der Waals surface area contributed by atoms with Gasteiger partial charge in [0, 0.05) is 0 Å². The van der Waals surface area contributed by atoms with Gasteiger partial charge in [0.15, 0.2) is 0 Å². The number of carbonyl (C=O) groups excluding carboxylic acids is 1. The molecule has 1 aliphatic carbocycles. The minimum atomic E-state index is -0.667. The van der Waals surface area contributed by atoms with E-state index in [2.05, 4.69) is 0 Å². The molecule has 1 aliphatic rings. The summed E-state index contributed by atoms with van der Waals surface area (Å²) in [6.07, 6.45) is 3.12. The van der Waals surface area contributed by atoms with Crippen LogP contribution >= 0.6 is 0 Å². The molecule has 2 heteroatoms. The summed E-state index contributed by atoms with van der Waals surface area (Å²) in [5.41, 5.74) is -0.667. The molecule has 1 fully saturated rings. The number of nitriles is 1. The molecule has 7 heavy (non-hydrogen) atoms. The molecule has 0 saturated heterocycles. The van der Waals surface area contributed by atoms with Crippen LogP contribution in [0.5, 0.6) is 0 Å². The third-order valence-corrected chi connectivity index (χ3v) is 1.16. The maximum Gasteiger partial charge on any atom is 0.220 e. The van der Waals surface area contributed by atoms with Crippen molar-refractivity contribution in [2.24, 2.45) is 5.41 Å². The fraction of sp³-hybridized carbons (Fsp3) is 0.600. The SMILES string of the molecule is N#CC1([C]=O)CC1. The minimum Gasteiger partial charge on any atom is -0.289 e. The monoisotopic (exact) mass is 94.0 g/mol. The normalized spacial score (nSPS) is 22.7. The fourth-order valence-electron chi connectivity index (χ4n) is 0.362. The van der Waals surface area contributed by atoms with Gasteiger partial charge in [-0.25, -0.2) is 0 Å². The highest BCUT2D eigenvalue weighted by Crippen LogP contribution is 2.42. The second-order valence-corrected chi connectivity index (χ2v) is 1.80. The zero-order valence-corrected chi connectivity index (χ0v) is 3.77. The van der Waals surface area contributed by atoms with Gasteiger partial charge in [0.1, 0.15) is 5.41 Å². The highest BCUT2D eigenvalue weighted by atomic mass is 16.1. The van der Waals surface area contributed by atoms with E-state index in [1.165, 1.54) is 0 Å². The number of hydrogen-bond acceptors (Lipinski definition) is 2. The number of nitrogens with zero attached hydrogens (tertiary/aromatic N) is 1. The molecule has 35 valence electrons. The minimum absolute atomic E-state index is 0.667. The van der Waals surface area contributed by atoms with Crippen molar-refractivity contribution in [3.63, 3.8) is 0 Å². The van der Waals surface area contributed by atoms with E-state index < -0.39 is 5.41 Å². The topological polar surface area (TPSA) is 40.9 Å². The summed E-state index contributed by atoms with van der Waals surface area (Å²) in [4.78, 5) is 9.77. The lowest BCUT2D eigenvalue weighted by atomic mass is 10.2. The lowest BCUT2D eigenvalue weighted by Gasteiger charge is -1.79. The van der Waals surface area contributed by atoms with Gasteiger partial charge in [0.2, 0.25) is 6.29 Å². The molecular weight excluding hydrogens is 90.1 g/mol. The van der Waals surface area contributed by atoms with Crippen molar-refractivity contribution < 1.29 is 4.79 Å². The van der Waals surface area contributed by atoms with Crippen LogP contribution in [-0.2, 0) is 4.79 Å². The van der Waals surface area contributed by atoms with Crippen molar-refractivity contribution in [3.05, 3.63) is 0 Å². The van der Waals surface area contributed by atoms with Crippen molar-refractivity contribution in [1.29, 1.82) is 5.26 Å². The zero-order valence-electron chi connectivity index (χ0n) is 3.77. The molecule has 0 atom stereocenters. The first kappa shape index (κ1) is 4.32. The molecule has 0 spiro atoms. The molecule has 0 aromatic heterocycles. The van der Waals surface area contributed by atoms with Gasteiger partial charge in [-0.15, -0.1) is 0 Å². The Labute approximate surface area is 41.7 Å². The summed E-state index contributed by atoms with van der Waals surface area (Å²) in [5.74, 6) is 0. The van der Waals surface area contributed by atoms with Crippen LogP contribution in [0.1, 0.15) is 12.8 Å². The Hall–Kier alpha value is -0.840. The van der Waals surface area contributed by atoms with Gasteiger partial charge in [-0.05, 0) is 12.8 Å². The molecular formula is C5H4NO. The van der Waals surface area contributed by atoms with Crippen molar-refractivity contribution in [1.82, 2.24) is 0 Å². The fourth-order valence-corrected chi connectivity index (χ4v) is 0.362. The number of rotatable bonds is 1. The molecule has 2 nitrogen and oxygen atoms in total. The summed E-state index contributed by atoms with van der Waals surface area (Å²) >= 11 is 0. The van der Waals surface area contributed by atoms with Gasteiger partial charge in [-0.3, -0.25) is 4.79 Å². The smallest absolute Gasteiger partial charge is 0.220 e. The van der Waals surface area contributed by atoms with Gasteiger partial charge >= 0.3 is 0 Å². The average molecular weight is 94.1 g/mol. The molecule has 0 bridgehead atoms. The Bertz CT molecular complexity index is 130. The molecule has 1 rings (SSSR count). The van der Waals surface area contributed by atoms with Crippen LogP contribution in [0.2, 0.25) is 0 Å². The van der Waals surface area contributed by atoms with Crippen LogP contribution in [0, 0.1) is 16.7 Å². The molecule has 0 aliphatic heterocycles. The van der Waals surface area contributed by atoms with Crippen molar-refractivity contribution in [2.45, 2.75) is 12.8 Å². The molecule has 0 heterocycles. The standard InChI is InChI=1S/C5H4NO/c6-3-5(4-7)1-2-5/h1-2H2. The maximum atomic E-state index is 9.77. The molecule has 1 radical (unpaired) electrons. The Morgan fingerprint density at radius 3 is 2.14 bits per heavy atom. The molecule has 0 aromatic rings. The van der Waals surface area contributed by atoms with E-state index in [0.717, 1.165) is 0 Å². The maximum absolute atomic E-state index is 9.77.